The van der Waals surface area contributed by atoms with Crippen LogP contribution in [0.25, 0.3) is 0 Å². The molecule has 1 saturated carbocycles. The second-order valence-electron chi connectivity index (χ2n) is 5.44. The lowest BCUT2D eigenvalue weighted by Gasteiger charge is -2.39. The highest BCUT2D eigenvalue weighted by Gasteiger charge is 2.34. The van der Waals surface area contributed by atoms with Crippen molar-refractivity contribution >= 4 is 0 Å². The first-order valence-electron chi connectivity index (χ1n) is 6.53. The molecule has 0 aromatic carbocycles. The molecule has 0 bridgehead atoms. The summed E-state index contributed by atoms with van der Waals surface area (Å²) in [6, 6.07) is 0. The van der Waals surface area contributed by atoms with Gasteiger partial charge in [0, 0.05) is 19.1 Å². The second kappa shape index (κ2) is 5.31. The molecule has 2 atom stereocenters. The molecule has 1 aliphatic heterocycles. The maximum absolute atomic E-state index is 9.36. The molecular formula is C13H24O2. The Morgan fingerprint density at radius 3 is 2.53 bits per heavy atom. The summed E-state index contributed by atoms with van der Waals surface area (Å²) in [6.45, 7) is 3.57. The molecule has 0 spiro atoms. The van der Waals surface area contributed by atoms with E-state index < -0.39 is 0 Å². The van der Waals surface area contributed by atoms with E-state index in [0.29, 0.717) is 18.6 Å². The number of hydrogen-bond acceptors (Lipinski definition) is 2. The predicted octanol–water partition coefficient (Wildman–Crippen LogP) is 2.60. The van der Waals surface area contributed by atoms with Crippen LogP contribution in [0.15, 0.2) is 0 Å². The van der Waals surface area contributed by atoms with Gasteiger partial charge in [-0.3, -0.25) is 0 Å². The summed E-state index contributed by atoms with van der Waals surface area (Å²) in [5.74, 6) is 2.04. The zero-order chi connectivity index (χ0) is 10.7. The first-order chi connectivity index (χ1) is 7.31. The van der Waals surface area contributed by atoms with Crippen LogP contribution < -0.4 is 0 Å². The number of aliphatic hydroxyl groups is 1. The first kappa shape index (κ1) is 11.4. The third-order valence-electron chi connectivity index (χ3n) is 4.25. The number of aliphatic hydroxyl groups excluding tert-OH is 1. The molecule has 0 aromatic rings. The lowest BCUT2D eigenvalue weighted by molar-refractivity contribution is -0.0839. The molecule has 2 unspecified atom stereocenters. The Labute approximate surface area is 93.0 Å². The minimum atomic E-state index is 0.316. The van der Waals surface area contributed by atoms with Gasteiger partial charge in [-0.25, -0.2) is 0 Å². The van der Waals surface area contributed by atoms with E-state index in [1.807, 2.05) is 0 Å². The molecule has 0 radical (unpaired) electrons. The molecule has 0 aromatic heterocycles. The SMILES string of the molecule is CC1CCC(C2OCCCC2CO)CC1. The normalized spacial score (nSPS) is 42.8. The number of rotatable bonds is 2. The maximum atomic E-state index is 9.36. The molecule has 2 nitrogen and oxygen atoms in total. The van der Waals surface area contributed by atoms with Crippen molar-refractivity contribution in [2.24, 2.45) is 17.8 Å². The molecule has 1 saturated heterocycles. The fourth-order valence-electron chi connectivity index (χ4n) is 3.20. The van der Waals surface area contributed by atoms with Crippen LogP contribution in [0.5, 0.6) is 0 Å². The van der Waals surface area contributed by atoms with Gasteiger partial charge in [-0.05, 0) is 37.5 Å². The predicted molar refractivity (Wildman–Crippen MR) is 60.7 cm³/mol. The monoisotopic (exact) mass is 212 g/mol. The van der Waals surface area contributed by atoms with Crippen LogP contribution in [0.1, 0.15) is 45.4 Å². The van der Waals surface area contributed by atoms with Gasteiger partial charge < -0.3 is 9.84 Å². The fraction of sp³-hybridized carbons (Fsp3) is 1.00. The minimum Gasteiger partial charge on any atom is -0.396 e. The summed E-state index contributed by atoms with van der Waals surface area (Å²) in [5.41, 5.74) is 0. The molecule has 2 heteroatoms. The van der Waals surface area contributed by atoms with Crippen molar-refractivity contribution in [2.75, 3.05) is 13.2 Å². The van der Waals surface area contributed by atoms with Crippen LogP contribution in [-0.2, 0) is 4.74 Å². The standard InChI is InChI=1S/C13H24O2/c1-10-4-6-11(7-5-10)13-12(9-14)3-2-8-15-13/h10-14H,2-9H2,1H3. The summed E-state index contributed by atoms with van der Waals surface area (Å²) >= 11 is 0. The van der Waals surface area contributed by atoms with Gasteiger partial charge in [-0.15, -0.1) is 0 Å². The van der Waals surface area contributed by atoms with Crippen molar-refractivity contribution in [1.29, 1.82) is 0 Å². The van der Waals surface area contributed by atoms with Crippen LogP contribution in [0, 0.1) is 17.8 Å². The highest BCUT2D eigenvalue weighted by Crippen LogP contribution is 2.36. The van der Waals surface area contributed by atoms with Crippen molar-refractivity contribution in [3.05, 3.63) is 0 Å². The second-order valence-corrected chi connectivity index (χ2v) is 5.44. The van der Waals surface area contributed by atoms with Gasteiger partial charge >= 0.3 is 0 Å². The van der Waals surface area contributed by atoms with Gasteiger partial charge in [-0.1, -0.05) is 19.8 Å². The topological polar surface area (TPSA) is 29.5 Å². The number of ether oxygens (including phenoxy) is 1. The van der Waals surface area contributed by atoms with E-state index in [0.717, 1.165) is 31.3 Å². The van der Waals surface area contributed by atoms with Gasteiger partial charge in [0.15, 0.2) is 0 Å². The van der Waals surface area contributed by atoms with Gasteiger partial charge in [0.25, 0.3) is 0 Å². The molecule has 1 heterocycles. The first-order valence-corrected chi connectivity index (χ1v) is 6.53. The van der Waals surface area contributed by atoms with Crippen LogP contribution in [-0.4, -0.2) is 24.4 Å². The molecule has 1 aliphatic carbocycles. The molecule has 0 amide bonds. The van der Waals surface area contributed by atoms with E-state index in [2.05, 4.69) is 6.92 Å². The van der Waals surface area contributed by atoms with E-state index in [4.69, 9.17) is 4.74 Å². The Morgan fingerprint density at radius 2 is 1.87 bits per heavy atom. The summed E-state index contributed by atoms with van der Waals surface area (Å²) < 4.78 is 5.90. The van der Waals surface area contributed by atoms with Gasteiger partial charge in [0.2, 0.25) is 0 Å². The molecule has 15 heavy (non-hydrogen) atoms. The third-order valence-corrected chi connectivity index (χ3v) is 4.25. The molecule has 1 N–H and O–H groups in total. The molecule has 2 fully saturated rings. The summed E-state index contributed by atoms with van der Waals surface area (Å²) in [4.78, 5) is 0. The van der Waals surface area contributed by atoms with Crippen LogP contribution in [0.2, 0.25) is 0 Å². The van der Waals surface area contributed by atoms with Gasteiger partial charge in [0.1, 0.15) is 0 Å². The fourth-order valence-corrected chi connectivity index (χ4v) is 3.20. The summed E-state index contributed by atoms with van der Waals surface area (Å²) in [6.07, 6.45) is 7.96. The summed E-state index contributed by atoms with van der Waals surface area (Å²) in [7, 11) is 0. The highest BCUT2D eigenvalue weighted by molar-refractivity contribution is 4.83. The van der Waals surface area contributed by atoms with Crippen LogP contribution in [0.4, 0.5) is 0 Å². The Morgan fingerprint density at radius 1 is 1.13 bits per heavy atom. The van der Waals surface area contributed by atoms with Crippen LogP contribution >= 0.6 is 0 Å². The van der Waals surface area contributed by atoms with E-state index in [9.17, 15) is 5.11 Å². The Balaban J connectivity index is 1.90. The molecule has 2 aliphatic rings. The van der Waals surface area contributed by atoms with Crippen molar-refractivity contribution in [2.45, 2.75) is 51.6 Å². The average molecular weight is 212 g/mol. The third kappa shape index (κ3) is 2.73. The zero-order valence-electron chi connectivity index (χ0n) is 9.82. The van der Waals surface area contributed by atoms with Crippen molar-refractivity contribution in [1.82, 2.24) is 0 Å². The lowest BCUT2D eigenvalue weighted by atomic mass is 9.75. The Kier molecular flexibility index (Phi) is 4.04. The molecular weight excluding hydrogens is 188 g/mol. The maximum Gasteiger partial charge on any atom is 0.0653 e. The van der Waals surface area contributed by atoms with Crippen molar-refractivity contribution in [3.63, 3.8) is 0 Å². The van der Waals surface area contributed by atoms with Gasteiger partial charge in [-0.2, -0.15) is 0 Å². The lowest BCUT2D eigenvalue weighted by Crippen LogP contribution is -2.39. The van der Waals surface area contributed by atoms with E-state index in [1.165, 1.54) is 25.7 Å². The van der Waals surface area contributed by atoms with E-state index in [1.54, 1.807) is 0 Å². The quantitative estimate of drug-likeness (QED) is 0.762. The Bertz CT molecular complexity index is 185. The molecule has 2 rings (SSSR count). The van der Waals surface area contributed by atoms with E-state index in [-0.39, 0.29) is 0 Å². The Hall–Kier alpha value is -0.0800. The number of hydrogen-bond donors (Lipinski definition) is 1. The summed E-state index contributed by atoms with van der Waals surface area (Å²) in [5, 5.41) is 9.36. The van der Waals surface area contributed by atoms with E-state index >= 15 is 0 Å². The largest absolute Gasteiger partial charge is 0.396 e. The smallest absolute Gasteiger partial charge is 0.0653 e. The van der Waals surface area contributed by atoms with Gasteiger partial charge in [0.05, 0.1) is 6.10 Å². The van der Waals surface area contributed by atoms with Crippen LogP contribution in [0.3, 0.4) is 0 Å². The highest BCUT2D eigenvalue weighted by atomic mass is 16.5. The average Bonchev–Trinajstić information content (AvgIpc) is 2.30. The van der Waals surface area contributed by atoms with Crippen molar-refractivity contribution < 1.29 is 9.84 Å². The van der Waals surface area contributed by atoms with Crippen molar-refractivity contribution in [3.8, 4) is 0 Å². The zero-order valence-corrected chi connectivity index (χ0v) is 9.82. The minimum absolute atomic E-state index is 0.316. The molecule has 88 valence electrons.